The monoisotopic (exact) mass is 291 g/mol. The van der Waals surface area contributed by atoms with Crippen LogP contribution in [-0.4, -0.2) is 48.2 Å². The van der Waals surface area contributed by atoms with Gasteiger partial charge in [-0.3, -0.25) is 4.79 Å². The molecule has 3 atom stereocenters. The van der Waals surface area contributed by atoms with Crippen molar-refractivity contribution in [1.82, 2.24) is 4.90 Å². The second-order valence-corrected chi connectivity index (χ2v) is 6.04. The Hall–Kier alpha value is -1.59. The number of nitrogens with one attached hydrogen (secondary N) is 2. The Morgan fingerprint density at radius 1 is 1.38 bits per heavy atom. The molecule has 1 amide bonds. The topological polar surface area (TPSA) is 64.6 Å². The Kier molecular flexibility index (Phi) is 5.20. The van der Waals surface area contributed by atoms with Crippen LogP contribution in [0.1, 0.15) is 20.3 Å². The molecule has 0 bridgehead atoms. The molecule has 1 heterocycles. The van der Waals surface area contributed by atoms with Crippen LogP contribution in [0.3, 0.4) is 0 Å². The van der Waals surface area contributed by atoms with E-state index in [0.717, 1.165) is 18.7 Å². The van der Waals surface area contributed by atoms with Crippen LogP contribution in [0, 0.1) is 5.92 Å². The Morgan fingerprint density at radius 3 is 2.81 bits per heavy atom. The summed E-state index contributed by atoms with van der Waals surface area (Å²) in [5, 5.41) is 15.0. The predicted octanol–water partition coefficient (Wildman–Crippen LogP) is 1.76. The Morgan fingerprint density at radius 2 is 2.10 bits per heavy atom. The molecule has 0 aromatic heterocycles. The SMILES string of the molecule is CC1CN(C)C(C)CC1Nc1cccc(NC(=O)CO)c1. The van der Waals surface area contributed by atoms with E-state index in [4.69, 9.17) is 5.11 Å². The highest BCUT2D eigenvalue weighted by atomic mass is 16.3. The van der Waals surface area contributed by atoms with Gasteiger partial charge in [0.1, 0.15) is 6.61 Å². The van der Waals surface area contributed by atoms with Crippen LogP contribution in [0.2, 0.25) is 0 Å². The lowest BCUT2D eigenvalue weighted by Gasteiger charge is -2.40. The smallest absolute Gasteiger partial charge is 0.250 e. The van der Waals surface area contributed by atoms with Gasteiger partial charge in [0.2, 0.25) is 5.91 Å². The number of nitrogens with zero attached hydrogens (tertiary/aromatic N) is 1. The van der Waals surface area contributed by atoms with Crippen molar-refractivity contribution in [2.24, 2.45) is 5.92 Å². The van der Waals surface area contributed by atoms with Crippen molar-refractivity contribution in [3.63, 3.8) is 0 Å². The molecule has 1 saturated heterocycles. The molecular formula is C16H25N3O2. The molecule has 116 valence electrons. The first-order chi connectivity index (χ1) is 9.99. The average molecular weight is 291 g/mol. The number of hydrogen-bond acceptors (Lipinski definition) is 4. The zero-order valence-electron chi connectivity index (χ0n) is 13.0. The minimum atomic E-state index is -0.499. The third kappa shape index (κ3) is 4.19. The van der Waals surface area contributed by atoms with E-state index in [1.54, 1.807) is 0 Å². The van der Waals surface area contributed by atoms with Gasteiger partial charge in [0.15, 0.2) is 0 Å². The summed E-state index contributed by atoms with van der Waals surface area (Å²) >= 11 is 0. The number of amides is 1. The van der Waals surface area contributed by atoms with Crippen LogP contribution in [0.4, 0.5) is 11.4 Å². The fourth-order valence-electron chi connectivity index (χ4n) is 2.84. The summed E-state index contributed by atoms with van der Waals surface area (Å²) in [6.07, 6.45) is 1.10. The van der Waals surface area contributed by atoms with E-state index in [-0.39, 0.29) is 0 Å². The van der Waals surface area contributed by atoms with Crippen LogP contribution in [0.5, 0.6) is 0 Å². The molecule has 0 radical (unpaired) electrons. The van der Waals surface area contributed by atoms with Gasteiger partial charge in [-0.1, -0.05) is 13.0 Å². The van der Waals surface area contributed by atoms with Crippen molar-refractivity contribution in [3.8, 4) is 0 Å². The van der Waals surface area contributed by atoms with Crippen molar-refractivity contribution in [3.05, 3.63) is 24.3 Å². The summed E-state index contributed by atoms with van der Waals surface area (Å²) in [5.74, 6) is 0.176. The lowest BCUT2D eigenvalue weighted by atomic mass is 9.89. The van der Waals surface area contributed by atoms with Gasteiger partial charge in [0.05, 0.1) is 0 Å². The number of aliphatic hydroxyl groups excluding tert-OH is 1. The molecule has 5 nitrogen and oxygen atoms in total. The quantitative estimate of drug-likeness (QED) is 0.791. The lowest BCUT2D eigenvalue weighted by Crippen LogP contribution is -2.48. The maximum absolute atomic E-state index is 11.2. The molecule has 2 rings (SSSR count). The number of carbonyl (C=O) groups is 1. The molecule has 0 aliphatic carbocycles. The van der Waals surface area contributed by atoms with Gasteiger partial charge >= 0.3 is 0 Å². The summed E-state index contributed by atoms with van der Waals surface area (Å²) in [5.41, 5.74) is 1.70. The summed E-state index contributed by atoms with van der Waals surface area (Å²) in [6.45, 7) is 5.09. The van der Waals surface area contributed by atoms with Crippen molar-refractivity contribution in [1.29, 1.82) is 0 Å². The normalized spacial score (nSPS) is 26.4. The number of likely N-dealkylation sites (tertiary alicyclic amines) is 1. The molecule has 1 fully saturated rings. The number of piperidine rings is 1. The van der Waals surface area contributed by atoms with Crippen LogP contribution >= 0.6 is 0 Å². The summed E-state index contributed by atoms with van der Waals surface area (Å²) in [6, 6.07) is 8.63. The van der Waals surface area contributed by atoms with Crippen LogP contribution in [-0.2, 0) is 4.79 Å². The summed E-state index contributed by atoms with van der Waals surface area (Å²) < 4.78 is 0. The lowest BCUT2D eigenvalue weighted by molar-refractivity contribution is -0.118. The van der Waals surface area contributed by atoms with E-state index in [2.05, 4.69) is 36.4 Å². The molecule has 1 aromatic rings. The highest BCUT2D eigenvalue weighted by molar-refractivity contribution is 5.91. The van der Waals surface area contributed by atoms with E-state index in [9.17, 15) is 4.79 Å². The van der Waals surface area contributed by atoms with Gasteiger partial charge in [-0.15, -0.1) is 0 Å². The van der Waals surface area contributed by atoms with E-state index in [0.29, 0.717) is 23.7 Å². The maximum atomic E-state index is 11.2. The maximum Gasteiger partial charge on any atom is 0.250 e. The van der Waals surface area contributed by atoms with Crippen molar-refractivity contribution in [2.45, 2.75) is 32.4 Å². The van der Waals surface area contributed by atoms with E-state index >= 15 is 0 Å². The fraction of sp³-hybridized carbons (Fsp3) is 0.562. The number of carbonyl (C=O) groups excluding carboxylic acids is 1. The fourth-order valence-corrected chi connectivity index (χ4v) is 2.84. The molecule has 1 aromatic carbocycles. The molecule has 5 heteroatoms. The highest BCUT2D eigenvalue weighted by Gasteiger charge is 2.28. The van der Waals surface area contributed by atoms with Crippen molar-refractivity contribution >= 4 is 17.3 Å². The van der Waals surface area contributed by atoms with E-state index in [1.165, 1.54) is 0 Å². The third-order valence-corrected chi connectivity index (χ3v) is 4.25. The van der Waals surface area contributed by atoms with Crippen LogP contribution < -0.4 is 10.6 Å². The standard InChI is InChI=1S/C16H25N3O2/c1-11-9-19(3)12(2)7-15(11)17-13-5-4-6-14(8-13)18-16(21)10-20/h4-6,8,11-12,15,17,20H,7,9-10H2,1-3H3,(H,18,21). The predicted molar refractivity (Wildman–Crippen MR) is 85.4 cm³/mol. The zero-order chi connectivity index (χ0) is 15.4. The largest absolute Gasteiger partial charge is 0.387 e. The van der Waals surface area contributed by atoms with Crippen molar-refractivity contribution < 1.29 is 9.90 Å². The number of anilines is 2. The van der Waals surface area contributed by atoms with Gasteiger partial charge in [0, 0.05) is 30.0 Å². The molecular weight excluding hydrogens is 266 g/mol. The molecule has 21 heavy (non-hydrogen) atoms. The first kappa shape index (κ1) is 15.8. The van der Waals surface area contributed by atoms with Gasteiger partial charge < -0.3 is 20.6 Å². The van der Waals surface area contributed by atoms with Gasteiger partial charge in [-0.25, -0.2) is 0 Å². The Balaban J connectivity index is 2.02. The summed E-state index contributed by atoms with van der Waals surface area (Å²) in [4.78, 5) is 13.6. The van der Waals surface area contributed by atoms with Crippen molar-refractivity contribution in [2.75, 3.05) is 30.8 Å². The highest BCUT2D eigenvalue weighted by Crippen LogP contribution is 2.25. The Labute approximate surface area is 126 Å². The first-order valence-electron chi connectivity index (χ1n) is 7.47. The zero-order valence-corrected chi connectivity index (χ0v) is 13.0. The second-order valence-electron chi connectivity index (χ2n) is 6.04. The number of rotatable bonds is 4. The first-order valence-corrected chi connectivity index (χ1v) is 7.47. The third-order valence-electron chi connectivity index (χ3n) is 4.25. The number of benzene rings is 1. The minimum Gasteiger partial charge on any atom is -0.387 e. The number of hydrogen-bond donors (Lipinski definition) is 3. The Bertz CT molecular complexity index is 492. The molecule has 3 unspecified atom stereocenters. The average Bonchev–Trinajstić information content (AvgIpc) is 2.45. The van der Waals surface area contributed by atoms with Crippen LogP contribution in [0.25, 0.3) is 0 Å². The van der Waals surface area contributed by atoms with Gasteiger partial charge in [-0.05, 0) is 44.5 Å². The second kappa shape index (κ2) is 6.91. The molecule has 0 saturated carbocycles. The van der Waals surface area contributed by atoms with Gasteiger partial charge in [-0.2, -0.15) is 0 Å². The molecule has 1 aliphatic heterocycles. The van der Waals surface area contributed by atoms with E-state index in [1.807, 2.05) is 24.3 Å². The molecule has 3 N–H and O–H groups in total. The van der Waals surface area contributed by atoms with Gasteiger partial charge in [0.25, 0.3) is 0 Å². The molecule has 1 aliphatic rings. The van der Waals surface area contributed by atoms with Crippen LogP contribution in [0.15, 0.2) is 24.3 Å². The number of aliphatic hydroxyl groups is 1. The molecule has 0 spiro atoms. The van der Waals surface area contributed by atoms with E-state index < -0.39 is 12.5 Å². The minimum absolute atomic E-state index is 0.395. The summed E-state index contributed by atoms with van der Waals surface area (Å²) in [7, 11) is 2.17.